The number of hydrogen-bond acceptors (Lipinski definition) is 4. The fraction of sp³-hybridized carbons (Fsp3) is 0.267. The van der Waals surface area contributed by atoms with Gasteiger partial charge in [0.1, 0.15) is 5.01 Å². The highest BCUT2D eigenvalue weighted by atomic mass is 35.5. The number of benzene rings is 1. The van der Waals surface area contributed by atoms with Gasteiger partial charge in [-0.25, -0.2) is 9.78 Å². The molecule has 5 nitrogen and oxygen atoms in total. The highest BCUT2D eigenvalue weighted by Gasteiger charge is 2.16. The maximum absolute atomic E-state index is 12.1. The average molecular weight is 339 g/mol. The summed E-state index contributed by atoms with van der Waals surface area (Å²) in [4.78, 5) is 26.7. The van der Waals surface area contributed by atoms with Gasteiger partial charge in [0.05, 0.1) is 6.54 Å². The molecule has 116 valence electrons. The minimum absolute atomic E-state index is 0.00151. The molecule has 1 unspecified atom stereocenters. The Hall–Kier alpha value is -1.92. The van der Waals surface area contributed by atoms with Crippen molar-refractivity contribution < 1.29 is 14.7 Å². The first kappa shape index (κ1) is 16.5. The lowest BCUT2D eigenvalue weighted by molar-refractivity contribution is -0.124. The molecule has 0 aliphatic carbocycles. The van der Waals surface area contributed by atoms with E-state index in [1.165, 1.54) is 16.7 Å². The second kappa shape index (κ2) is 7.38. The van der Waals surface area contributed by atoms with Gasteiger partial charge in [0.15, 0.2) is 5.69 Å². The summed E-state index contributed by atoms with van der Waals surface area (Å²) in [6.07, 6.45) is 0.545. The van der Waals surface area contributed by atoms with Gasteiger partial charge >= 0.3 is 5.97 Å². The Morgan fingerprint density at radius 1 is 1.41 bits per heavy atom. The van der Waals surface area contributed by atoms with Crippen LogP contribution >= 0.6 is 22.9 Å². The van der Waals surface area contributed by atoms with Gasteiger partial charge in [0.2, 0.25) is 5.91 Å². The summed E-state index contributed by atoms with van der Waals surface area (Å²) in [5.41, 5.74) is 0.924. The van der Waals surface area contributed by atoms with E-state index in [0.29, 0.717) is 16.5 Å². The van der Waals surface area contributed by atoms with E-state index >= 15 is 0 Å². The van der Waals surface area contributed by atoms with Crippen molar-refractivity contribution >= 4 is 34.8 Å². The summed E-state index contributed by atoms with van der Waals surface area (Å²) in [5.74, 6) is -1.42. The van der Waals surface area contributed by atoms with E-state index in [1.54, 1.807) is 6.07 Å². The van der Waals surface area contributed by atoms with Crippen LogP contribution in [0, 0.1) is 5.92 Å². The second-order valence-electron chi connectivity index (χ2n) is 4.85. The summed E-state index contributed by atoms with van der Waals surface area (Å²) in [5, 5.41) is 14.2. The maximum Gasteiger partial charge on any atom is 0.355 e. The number of nitrogens with one attached hydrogen (secondary N) is 1. The molecule has 1 amide bonds. The lowest BCUT2D eigenvalue weighted by Gasteiger charge is -2.12. The van der Waals surface area contributed by atoms with Gasteiger partial charge in [0.25, 0.3) is 0 Å². The topological polar surface area (TPSA) is 79.3 Å². The molecule has 0 radical (unpaired) electrons. The normalized spacial score (nSPS) is 11.9. The Kier molecular flexibility index (Phi) is 5.51. The molecule has 0 aliphatic heterocycles. The summed E-state index contributed by atoms with van der Waals surface area (Å²) in [7, 11) is 0. The Labute approximate surface area is 137 Å². The van der Waals surface area contributed by atoms with Crippen molar-refractivity contribution in [3.63, 3.8) is 0 Å². The smallest absolute Gasteiger partial charge is 0.355 e. The zero-order valence-electron chi connectivity index (χ0n) is 11.9. The lowest BCUT2D eigenvalue weighted by Crippen LogP contribution is -2.29. The third-order valence-electron chi connectivity index (χ3n) is 3.12. The number of aromatic nitrogens is 1. The van der Waals surface area contributed by atoms with Crippen LogP contribution in [0.2, 0.25) is 5.02 Å². The first-order chi connectivity index (χ1) is 10.5. The molecule has 0 aliphatic rings. The molecule has 1 heterocycles. The fourth-order valence-corrected chi connectivity index (χ4v) is 2.83. The van der Waals surface area contributed by atoms with Crippen LogP contribution in [-0.2, 0) is 17.8 Å². The minimum Gasteiger partial charge on any atom is -0.476 e. The van der Waals surface area contributed by atoms with Crippen LogP contribution in [0.4, 0.5) is 0 Å². The van der Waals surface area contributed by atoms with Crippen LogP contribution in [-0.4, -0.2) is 22.0 Å². The summed E-state index contributed by atoms with van der Waals surface area (Å²) in [6, 6.07) is 7.42. The molecule has 2 N–H and O–H groups in total. The highest BCUT2D eigenvalue weighted by molar-refractivity contribution is 7.09. The predicted octanol–water partition coefficient (Wildman–Crippen LogP) is 2.99. The van der Waals surface area contributed by atoms with Crippen molar-refractivity contribution in [2.24, 2.45) is 5.92 Å². The Morgan fingerprint density at radius 2 is 2.14 bits per heavy atom. The Bertz CT molecular complexity index is 687. The van der Waals surface area contributed by atoms with E-state index in [4.69, 9.17) is 16.7 Å². The van der Waals surface area contributed by atoms with E-state index < -0.39 is 5.97 Å². The monoisotopic (exact) mass is 338 g/mol. The minimum atomic E-state index is -1.07. The number of carbonyl (C=O) groups excluding carboxylic acids is 1. The van der Waals surface area contributed by atoms with E-state index in [1.807, 2.05) is 25.1 Å². The molecule has 2 rings (SSSR count). The van der Waals surface area contributed by atoms with Crippen molar-refractivity contribution in [1.82, 2.24) is 10.3 Å². The quantitative estimate of drug-likeness (QED) is 0.848. The van der Waals surface area contributed by atoms with Gasteiger partial charge in [0, 0.05) is 16.3 Å². The Morgan fingerprint density at radius 3 is 2.77 bits per heavy atom. The van der Waals surface area contributed by atoms with Crippen LogP contribution in [0.15, 0.2) is 29.6 Å². The van der Waals surface area contributed by atoms with E-state index in [9.17, 15) is 9.59 Å². The van der Waals surface area contributed by atoms with Gasteiger partial charge in [-0.3, -0.25) is 4.79 Å². The lowest BCUT2D eigenvalue weighted by atomic mass is 10.0. The zero-order valence-corrected chi connectivity index (χ0v) is 13.4. The molecular formula is C15H15ClN2O3S. The number of carbonyl (C=O) groups is 2. The van der Waals surface area contributed by atoms with E-state index in [2.05, 4.69) is 10.3 Å². The molecule has 1 atom stereocenters. The van der Waals surface area contributed by atoms with Gasteiger partial charge in [-0.05, 0) is 18.1 Å². The number of thiazole rings is 1. The van der Waals surface area contributed by atoms with Crippen LogP contribution in [0.5, 0.6) is 0 Å². The van der Waals surface area contributed by atoms with Gasteiger partial charge < -0.3 is 10.4 Å². The van der Waals surface area contributed by atoms with Crippen molar-refractivity contribution in [3.8, 4) is 0 Å². The second-order valence-corrected chi connectivity index (χ2v) is 6.20. The molecule has 0 spiro atoms. The van der Waals surface area contributed by atoms with Crippen molar-refractivity contribution in [1.29, 1.82) is 0 Å². The summed E-state index contributed by atoms with van der Waals surface area (Å²) >= 11 is 7.29. The molecule has 22 heavy (non-hydrogen) atoms. The molecule has 0 bridgehead atoms. The molecular weight excluding hydrogens is 324 g/mol. The first-order valence-electron chi connectivity index (χ1n) is 6.66. The zero-order chi connectivity index (χ0) is 16.1. The Balaban J connectivity index is 1.88. The highest BCUT2D eigenvalue weighted by Crippen LogP contribution is 2.19. The van der Waals surface area contributed by atoms with Crippen LogP contribution in [0.25, 0.3) is 0 Å². The number of halogens is 1. The van der Waals surface area contributed by atoms with Crippen LogP contribution in [0.1, 0.15) is 28.0 Å². The average Bonchev–Trinajstić information content (AvgIpc) is 2.96. The summed E-state index contributed by atoms with van der Waals surface area (Å²) < 4.78 is 0. The molecule has 7 heteroatoms. The number of amides is 1. The molecule has 0 saturated heterocycles. The molecule has 2 aromatic rings. The van der Waals surface area contributed by atoms with E-state index in [-0.39, 0.29) is 24.1 Å². The summed E-state index contributed by atoms with van der Waals surface area (Å²) in [6.45, 7) is 2.05. The third-order valence-corrected chi connectivity index (χ3v) is 4.33. The molecule has 0 saturated carbocycles. The number of carboxylic acid groups (broad SMARTS) is 1. The van der Waals surface area contributed by atoms with Crippen molar-refractivity contribution in [2.45, 2.75) is 19.9 Å². The standard InChI is InChI=1S/C15H15ClN2O3S/c1-9(6-10-4-2-3-5-11(10)16)14(19)17-7-13-18-12(8-22-13)15(20)21/h2-5,8-9H,6-7H2,1H3,(H,17,19)(H,20,21). The van der Waals surface area contributed by atoms with Gasteiger partial charge in [-0.15, -0.1) is 11.3 Å². The van der Waals surface area contributed by atoms with Crippen molar-refractivity contribution in [2.75, 3.05) is 0 Å². The van der Waals surface area contributed by atoms with E-state index in [0.717, 1.165) is 5.56 Å². The van der Waals surface area contributed by atoms with Crippen LogP contribution < -0.4 is 5.32 Å². The number of carboxylic acids is 1. The molecule has 1 aromatic carbocycles. The number of aromatic carboxylic acids is 1. The van der Waals surface area contributed by atoms with Gasteiger partial charge in [-0.1, -0.05) is 36.7 Å². The third kappa shape index (κ3) is 4.29. The SMILES string of the molecule is CC(Cc1ccccc1Cl)C(=O)NCc1nc(C(=O)O)cs1. The largest absolute Gasteiger partial charge is 0.476 e. The number of hydrogen-bond donors (Lipinski definition) is 2. The fourth-order valence-electron chi connectivity index (χ4n) is 1.91. The van der Waals surface area contributed by atoms with Gasteiger partial charge in [-0.2, -0.15) is 0 Å². The van der Waals surface area contributed by atoms with Crippen LogP contribution in [0.3, 0.4) is 0 Å². The predicted molar refractivity (Wildman–Crippen MR) is 85.2 cm³/mol. The van der Waals surface area contributed by atoms with Crippen molar-refractivity contribution in [3.05, 3.63) is 50.9 Å². The first-order valence-corrected chi connectivity index (χ1v) is 7.92. The number of rotatable bonds is 6. The molecule has 1 aromatic heterocycles. The maximum atomic E-state index is 12.1. The number of nitrogens with zero attached hydrogens (tertiary/aromatic N) is 1. The molecule has 0 fully saturated rings.